The third kappa shape index (κ3) is 3.08. The SMILES string of the molecule is COC1CCN(c2ccc3ncc(C(=O)Nc4cncc(F)c4)n3n2)C1. The Morgan fingerprint density at radius 2 is 2.23 bits per heavy atom. The molecule has 1 unspecified atom stereocenters. The van der Waals surface area contributed by atoms with Gasteiger partial charge in [-0.1, -0.05) is 0 Å². The molecule has 0 saturated carbocycles. The largest absolute Gasteiger partial charge is 0.380 e. The van der Waals surface area contributed by atoms with Crippen molar-refractivity contribution in [1.82, 2.24) is 19.6 Å². The first-order chi connectivity index (χ1) is 12.6. The van der Waals surface area contributed by atoms with Gasteiger partial charge in [0.1, 0.15) is 11.6 Å². The molecule has 0 aliphatic carbocycles. The number of imidazole rings is 1. The number of amides is 1. The lowest BCUT2D eigenvalue weighted by Gasteiger charge is -2.17. The highest BCUT2D eigenvalue weighted by atomic mass is 19.1. The first-order valence-electron chi connectivity index (χ1n) is 8.18. The van der Waals surface area contributed by atoms with Crippen molar-refractivity contribution in [2.75, 3.05) is 30.4 Å². The number of ether oxygens (including phenoxy) is 1. The minimum Gasteiger partial charge on any atom is -0.380 e. The lowest BCUT2D eigenvalue weighted by atomic mass is 10.3. The summed E-state index contributed by atoms with van der Waals surface area (Å²) in [7, 11) is 1.70. The molecule has 1 saturated heterocycles. The van der Waals surface area contributed by atoms with Crippen LogP contribution in [0.1, 0.15) is 16.9 Å². The number of halogens is 1. The van der Waals surface area contributed by atoms with E-state index in [1.54, 1.807) is 7.11 Å². The van der Waals surface area contributed by atoms with Gasteiger partial charge in [0, 0.05) is 26.3 Å². The fourth-order valence-electron chi connectivity index (χ4n) is 2.99. The number of rotatable bonds is 4. The quantitative estimate of drug-likeness (QED) is 0.767. The van der Waals surface area contributed by atoms with E-state index in [-0.39, 0.29) is 17.5 Å². The van der Waals surface area contributed by atoms with Crippen molar-refractivity contribution >= 4 is 23.1 Å². The number of hydrogen-bond acceptors (Lipinski definition) is 6. The Bertz CT molecular complexity index is 959. The van der Waals surface area contributed by atoms with E-state index in [0.29, 0.717) is 5.65 Å². The average Bonchev–Trinajstić information content (AvgIpc) is 3.28. The number of nitrogens with one attached hydrogen (secondary N) is 1. The molecule has 1 atom stereocenters. The highest BCUT2D eigenvalue weighted by Gasteiger charge is 2.24. The van der Waals surface area contributed by atoms with Crippen LogP contribution < -0.4 is 10.2 Å². The number of carbonyl (C=O) groups is 1. The topological polar surface area (TPSA) is 84.6 Å². The molecule has 4 heterocycles. The Kier molecular flexibility index (Phi) is 4.21. The van der Waals surface area contributed by atoms with Crippen molar-refractivity contribution in [1.29, 1.82) is 0 Å². The van der Waals surface area contributed by atoms with Crippen LogP contribution in [0.15, 0.2) is 36.8 Å². The van der Waals surface area contributed by atoms with Gasteiger partial charge in [0.15, 0.2) is 11.3 Å². The lowest BCUT2D eigenvalue weighted by molar-refractivity contribution is 0.102. The maximum atomic E-state index is 13.2. The zero-order chi connectivity index (χ0) is 18.1. The normalized spacial score (nSPS) is 17.0. The molecule has 1 aliphatic heterocycles. The maximum Gasteiger partial charge on any atom is 0.276 e. The van der Waals surface area contributed by atoms with Gasteiger partial charge >= 0.3 is 0 Å². The summed E-state index contributed by atoms with van der Waals surface area (Å²) in [6.45, 7) is 1.59. The van der Waals surface area contributed by atoms with Crippen LogP contribution in [0.2, 0.25) is 0 Å². The molecule has 0 aromatic carbocycles. The van der Waals surface area contributed by atoms with Gasteiger partial charge < -0.3 is 15.0 Å². The van der Waals surface area contributed by atoms with Crippen LogP contribution >= 0.6 is 0 Å². The number of carbonyl (C=O) groups excluding carboxylic acids is 1. The minimum absolute atomic E-state index is 0.179. The molecule has 3 aromatic rings. The fraction of sp³-hybridized carbons (Fsp3) is 0.294. The van der Waals surface area contributed by atoms with Crippen LogP contribution in [0.3, 0.4) is 0 Å². The van der Waals surface area contributed by atoms with E-state index in [4.69, 9.17) is 4.74 Å². The Hall–Kier alpha value is -3.07. The van der Waals surface area contributed by atoms with E-state index in [1.165, 1.54) is 23.0 Å². The van der Waals surface area contributed by atoms with Gasteiger partial charge in [-0.3, -0.25) is 9.78 Å². The van der Waals surface area contributed by atoms with Crippen LogP contribution in [0.4, 0.5) is 15.9 Å². The van der Waals surface area contributed by atoms with Gasteiger partial charge in [0.05, 0.1) is 30.4 Å². The molecule has 1 amide bonds. The zero-order valence-electron chi connectivity index (χ0n) is 14.1. The number of aromatic nitrogens is 4. The van der Waals surface area contributed by atoms with Crippen LogP contribution in [-0.2, 0) is 4.74 Å². The highest BCUT2D eigenvalue weighted by molar-refractivity contribution is 6.03. The minimum atomic E-state index is -0.525. The number of nitrogens with zero attached hydrogens (tertiary/aromatic N) is 5. The molecule has 3 aromatic heterocycles. The monoisotopic (exact) mass is 356 g/mol. The summed E-state index contributed by atoms with van der Waals surface area (Å²) in [6, 6.07) is 4.88. The smallest absolute Gasteiger partial charge is 0.276 e. The van der Waals surface area contributed by atoms with Gasteiger partial charge in [-0.05, 0) is 18.6 Å². The summed E-state index contributed by atoms with van der Waals surface area (Å²) in [5.74, 6) is -0.217. The zero-order valence-corrected chi connectivity index (χ0v) is 14.1. The Morgan fingerprint density at radius 3 is 3.00 bits per heavy atom. The van der Waals surface area contributed by atoms with Crippen LogP contribution in [0.25, 0.3) is 5.65 Å². The third-order valence-electron chi connectivity index (χ3n) is 4.35. The number of fused-ring (bicyclic) bond motifs is 1. The molecule has 8 nitrogen and oxygen atoms in total. The summed E-state index contributed by atoms with van der Waals surface area (Å²) in [6.07, 6.45) is 4.99. The van der Waals surface area contributed by atoms with Gasteiger partial charge in [0.2, 0.25) is 0 Å². The van der Waals surface area contributed by atoms with Crippen molar-refractivity contribution in [2.24, 2.45) is 0 Å². The second-order valence-electron chi connectivity index (χ2n) is 6.04. The molecule has 1 aliphatic rings. The standard InChI is InChI=1S/C17H17FN6O2/c1-26-13-4-5-23(10-13)16-3-2-15-20-9-14(24(15)22-16)17(25)21-12-6-11(18)7-19-8-12/h2-3,6-9,13H,4-5,10H2,1H3,(H,21,25). The van der Waals surface area contributed by atoms with Crippen molar-refractivity contribution in [3.8, 4) is 0 Å². The molecule has 4 rings (SSSR count). The first-order valence-corrected chi connectivity index (χ1v) is 8.18. The summed E-state index contributed by atoms with van der Waals surface area (Å²) in [5, 5.41) is 7.15. The van der Waals surface area contributed by atoms with E-state index < -0.39 is 11.7 Å². The Labute approximate surface area is 148 Å². The Morgan fingerprint density at radius 1 is 1.35 bits per heavy atom. The predicted molar refractivity (Wildman–Crippen MR) is 92.8 cm³/mol. The lowest BCUT2D eigenvalue weighted by Crippen LogP contribution is -2.24. The van der Waals surface area contributed by atoms with Crippen molar-refractivity contribution in [2.45, 2.75) is 12.5 Å². The van der Waals surface area contributed by atoms with Crippen LogP contribution in [0, 0.1) is 5.82 Å². The molecule has 1 N–H and O–H groups in total. The fourth-order valence-corrected chi connectivity index (χ4v) is 2.99. The molecule has 0 spiro atoms. The molecule has 0 radical (unpaired) electrons. The summed E-state index contributed by atoms with van der Waals surface area (Å²) in [4.78, 5) is 22.6. The van der Waals surface area contributed by atoms with E-state index in [0.717, 1.165) is 31.5 Å². The van der Waals surface area contributed by atoms with Crippen molar-refractivity contribution in [3.05, 3.63) is 48.3 Å². The maximum absolute atomic E-state index is 13.2. The van der Waals surface area contributed by atoms with Crippen molar-refractivity contribution in [3.63, 3.8) is 0 Å². The van der Waals surface area contributed by atoms with Gasteiger partial charge in [-0.25, -0.2) is 13.9 Å². The van der Waals surface area contributed by atoms with E-state index in [1.807, 2.05) is 12.1 Å². The van der Waals surface area contributed by atoms with E-state index in [9.17, 15) is 9.18 Å². The second kappa shape index (κ2) is 6.68. The molecule has 9 heteroatoms. The molecule has 1 fully saturated rings. The number of pyridine rings is 1. The van der Waals surface area contributed by atoms with Crippen LogP contribution in [0.5, 0.6) is 0 Å². The summed E-state index contributed by atoms with van der Waals surface area (Å²) in [5.41, 5.74) is 1.08. The number of hydrogen-bond donors (Lipinski definition) is 1. The number of methoxy groups -OCH3 is 1. The van der Waals surface area contributed by atoms with Gasteiger partial charge in [-0.15, -0.1) is 5.10 Å². The molecular weight excluding hydrogens is 339 g/mol. The van der Waals surface area contributed by atoms with E-state index in [2.05, 4.69) is 25.3 Å². The summed E-state index contributed by atoms with van der Waals surface area (Å²) >= 11 is 0. The molecule has 26 heavy (non-hydrogen) atoms. The van der Waals surface area contributed by atoms with Gasteiger partial charge in [0.25, 0.3) is 5.91 Å². The van der Waals surface area contributed by atoms with E-state index >= 15 is 0 Å². The molecular formula is C17H17FN6O2. The van der Waals surface area contributed by atoms with Crippen molar-refractivity contribution < 1.29 is 13.9 Å². The third-order valence-corrected chi connectivity index (χ3v) is 4.35. The first kappa shape index (κ1) is 16.4. The van der Waals surface area contributed by atoms with Gasteiger partial charge in [-0.2, -0.15) is 0 Å². The molecule has 0 bridgehead atoms. The average molecular weight is 356 g/mol. The number of anilines is 2. The summed E-state index contributed by atoms with van der Waals surface area (Å²) < 4.78 is 20.1. The second-order valence-corrected chi connectivity index (χ2v) is 6.04. The predicted octanol–water partition coefficient (Wildman–Crippen LogP) is 1.74. The Balaban J connectivity index is 1.61. The molecule has 134 valence electrons. The van der Waals surface area contributed by atoms with Crippen LogP contribution in [-0.4, -0.2) is 51.8 Å². The highest BCUT2D eigenvalue weighted by Crippen LogP contribution is 2.20.